The molecule has 188 valence electrons. The summed E-state index contributed by atoms with van der Waals surface area (Å²) >= 11 is 1.55. The van der Waals surface area contributed by atoms with Crippen molar-refractivity contribution in [3.8, 4) is 0 Å². The van der Waals surface area contributed by atoms with E-state index >= 15 is 0 Å². The predicted molar refractivity (Wildman–Crippen MR) is 138 cm³/mol. The molecule has 7 nitrogen and oxygen atoms in total. The lowest BCUT2D eigenvalue weighted by molar-refractivity contribution is -0.138. The van der Waals surface area contributed by atoms with Crippen molar-refractivity contribution in [2.45, 2.75) is 85.2 Å². The second-order valence-electron chi connectivity index (χ2n) is 8.70. The number of carboxylic acids is 1. The van der Waals surface area contributed by atoms with Crippen molar-refractivity contribution in [1.29, 1.82) is 0 Å². The van der Waals surface area contributed by atoms with E-state index in [4.69, 9.17) is 5.73 Å². The van der Waals surface area contributed by atoms with E-state index in [9.17, 15) is 19.5 Å². The Morgan fingerprint density at radius 3 is 2.09 bits per heavy atom. The molecule has 2 amide bonds. The molecule has 2 atom stereocenters. The maximum atomic E-state index is 11.6. The highest BCUT2D eigenvalue weighted by Gasteiger charge is 2.19. The van der Waals surface area contributed by atoms with Gasteiger partial charge < -0.3 is 21.5 Å². The first-order chi connectivity index (χ1) is 15.5. The molecule has 0 saturated carbocycles. The first-order valence-corrected chi connectivity index (χ1v) is 12.7. The summed E-state index contributed by atoms with van der Waals surface area (Å²) in [6.07, 6.45) is 11.4. The van der Waals surface area contributed by atoms with Gasteiger partial charge in [-0.05, 0) is 59.8 Å². The molecule has 0 radical (unpaired) electrons. The van der Waals surface area contributed by atoms with E-state index < -0.39 is 17.9 Å². The average molecular weight is 482 g/mol. The largest absolute Gasteiger partial charge is 0.480 e. The SMILES string of the molecule is CC(=O)NC(CCC(N)=O)CN[C@@H](CSC/C=C(\C)CC/C=C(\C)CCC=C(C)C)C(=O)O. The van der Waals surface area contributed by atoms with Gasteiger partial charge in [-0.15, -0.1) is 0 Å². The van der Waals surface area contributed by atoms with Gasteiger partial charge in [-0.1, -0.05) is 34.9 Å². The van der Waals surface area contributed by atoms with Gasteiger partial charge in [0.2, 0.25) is 11.8 Å². The van der Waals surface area contributed by atoms with Gasteiger partial charge in [0, 0.05) is 37.4 Å². The van der Waals surface area contributed by atoms with Crippen LogP contribution in [0.1, 0.15) is 73.1 Å². The Morgan fingerprint density at radius 2 is 1.55 bits per heavy atom. The zero-order valence-electron chi connectivity index (χ0n) is 20.9. The predicted octanol–water partition coefficient (Wildman–Crippen LogP) is 3.95. The third-order valence-corrected chi connectivity index (χ3v) is 5.98. The van der Waals surface area contributed by atoms with Gasteiger partial charge in [-0.3, -0.25) is 14.4 Å². The van der Waals surface area contributed by atoms with Gasteiger partial charge in [0.1, 0.15) is 6.04 Å². The highest BCUT2D eigenvalue weighted by molar-refractivity contribution is 7.99. The molecule has 0 rings (SSSR count). The molecular formula is C25H43N3O4S. The maximum absolute atomic E-state index is 11.6. The molecule has 1 unspecified atom stereocenters. The van der Waals surface area contributed by atoms with Crippen molar-refractivity contribution in [3.05, 3.63) is 34.9 Å². The number of amides is 2. The van der Waals surface area contributed by atoms with Crippen LogP contribution in [0.2, 0.25) is 0 Å². The number of hydrogen-bond donors (Lipinski definition) is 4. The fourth-order valence-corrected chi connectivity index (χ4v) is 4.09. The summed E-state index contributed by atoms with van der Waals surface area (Å²) in [5.41, 5.74) is 9.25. The number of carboxylic acid groups (broad SMARTS) is 1. The van der Waals surface area contributed by atoms with Crippen LogP contribution in [0.5, 0.6) is 0 Å². The zero-order valence-corrected chi connectivity index (χ0v) is 21.7. The molecule has 0 heterocycles. The van der Waals surface area contributed by atoms with E-state index in [0.717, 1.165) is 31.4 Å². The molecule has 0 aliphatic heterocycles. The monoisotopic (exact) mass is 481 g/mol. The Labute approximate surface area is 203 Å². The third-order valence-electron chi connectivity index (χ3n) is 5.01. The van der Waals surface area contributed by atoms with Gasteiger partial charge in [0.25, 0.3) is 0 Å². The molecule has 0 bridgehead atoms. The molecule has 0 aromatic rings. The molecule has 0 saturated heterocycles. The topological polar surface area (TPSA) is 122 Å². The summed E-state index contributed by atoms with van der Waals surface area (Å²) < 4.78 is 0. The van der Waals surface area contributed by atoms with E-state index in [1.54, 1.807) is 11.8 Å². The van der Waals surface area contributed by atoms with Crippen LogP contribution in [0, 0.1) is 0 Å². The summed E-state index contributed by atoms with van der Waals surface area (Å²) in [4.78, 5) is 33.9. The number of hydrogen-bond acceptors (Lipinski definition) is 5. The number of allylic oxidation sites excluding steroid dienone is 5. The second-order valence-corrected chi connectivity index (χ2v) is 9.77. The van der Waals surface area contributed by atoms with Crippen LogP contribution in [0.25, 0.3) is 0 Å². The Kier molecular flexibility index (Phi) is 17.2. The minimum Gasteiger partial charge on any atom is -0.480 e. The van der Waals surface area contributed by atoms with Crippen LogP contribution in [-0.2, 0) is 14.4 Å². The van der Waals surface area contributed by atoms with Crippen molar-refractivity contribution in [2.75, 3.05) is 18.1 Å². The Hall–Kier alpha value is -2.06. The molecule has 0 aliphatic carbocycles. The van der Waals surface area contributed by atoms with Crippen molar-refractivity contribution >= 4 is 29.5 Å². The molecule has 0 aromatic carbocycles. The first-order valence-electron chi connectivity index (χ1n) is 11.5. The van der Waals surface area contributed by atoms with E-state index in [2.05, 4.69) is 56.6 Å². The molecule has 0 fully saturated rings. The minimum absolute atomic E-state index is 0.132. The smallest absolute Gasteiger partial charge is 0.321 e. The number of thioether (sulfide) groups is 1. The first kappa shape index (κ1) is 30.9. The fourth-order valence-electron chi connectivity index (χ4n) is 3.06. The maximum Gasteiger partial charge on any atom is 0.321 e. The number of nitrogens with two attached hydrogens (primary N) is 1. The lowest BCUT2D eigenvalue weighted by Gasteiger charge is -2.21. The quantitative estimate of drug-likeness (QED) is 0.174. The molecule has 0 aromatic heterocycles. The fraction of sp³-hybridized carbons (Fsp3) is 0.640. The van der Waals surface area contributed by atoms with Gasteiger partial charge in [0.05, 0.1) is 0 Å². The lowest BCUT2D eigenvalue weighted by atomic mass is 10.1. The molecule has 0 spiro atoms. The minimum atomic E-state index is -0.937. The zero-order chi connectivity index (χ0) is 25.2. The van der Waals surface area contributed by atoms with Crippen molar-refractivity contribution < 1.29 is 19.5 Å². The molecule has 8 heteroatoms. The van der Waals surface area contributed by atoms with Crippen LogP contribution >= 0.6 is 11.8 Å². The highest BCUT2D eigenvalue weighted by atomic mass is 32.2. The van der Waals surface area contributed by atoms with Gasteiger partial charge in [-0.25, -0.2) is 0 Å². The van der Waals surface area contributed by atoms with Crippen molar-refractivity contribution in [2.24, 2.45) is 5.73 Å². The van der Waals surface area contributed by atoms with Crippen LogP contribution in [0.3, 0.4) is 0 Å². The lowest BCUT2D eigenvalue weighted by Crippen LogP contribution is -2.48. The van der Waals surface area contributed by atoms with Crippen LogP contribution < -0.4 is 16.4 Å². The van der Waals surface area contributed by atoms with Gasteiger partial charge >= 0.3 is 5.97 Å². The van der Waals surface area contributed by atoms with E-state index in [0.29, 0.717) is 12.2 Å². The number of aliphatic carboxylic acids is 1. The number of primary amides is 1. The van der Waals surface area contributed by atoms with Crippen LogP contribution in [0.15, 0.2) is 34.9 Å². The van der Waals surface area contributed by atoms with Crippen LogP contribution in [0.4, 0.5) is 0 Å². The van der Waals surface area contributed by atoms with E-state index in [1.165, 1.54) is 23.6 Å². The van der Waals surface area contributed by atoms with E-state index in [-0.39, 0.29) is 24.9 Å². The van der Waals surface area contributed by atoms with Crippen molar-refractivity contribution in [3.63, 3.8) is 0 Å². The normalized spacial score (nSPS) is 13.8. The van der Waals surface area contributed by atoms with Gasteiger partial charge in [-0.2, -0.15) is 11.8 Å². The standard InChI is InChI=1S/C25H43N3O4S/c1-18(2)8-6-9-19(3)10-7-11-20(4)14-15-33-17-23(25(31)32)27-16-22(28-21(5)29)12-13-24(26)30/h8,10,14,22-23,27H,6-7,9,11-13,15-17H2,1-5H3,(H2,26,30)(H,28,29)(H,31,32)/b19-10+,20-14+/t22?,23-/m0/s1. The average Bonchev–Trinajstić information content (AvgIpc) is 2.70. The summed E-state index contributed by atoms with van der Waals surface area (Å²) in [7, 11) is 0. The Balaban J connectivity index is 4.40. The summed E-state index contributed by atoms with van der Waals surface area (Å²) in [5.74, 6) is -0.464. The number of nitrogens with one attached hydrogen (secondary N) is 2. The Morgan fingerprint density at radius 1 is 0.939 bits per heavy atom. The summed E-state index contributed by atoms with van der Waals surface area (Å²) in [6.45, 7) is 10.2. The summed E-state index contributed by atoms with van der Waals surface area (Å²) in [6, 6.07) is -1.08. The molecule has 33 heavy (non-hydrogen) atoms. The van der Waals surface area contributed by atoms with Crippen LogP contribution in [-0.4, -0.2) is 53.0 Å². The Bertz CT molecular complexity index is 712. The molecule has 5 N–H and O–H groups in total. The summed E-state index contributed by atoms with van der Waals surface area (Å²) in [5, 5.41) is 15.2. The number of carbonyl (C=O) groups excluding carboxylic acids is 2. The van der Waals surface area contributed by atoms with E-state index in [1.807, 2.05) is 0 Å². The number of carbonyl (C=O) groups is 3. The van der Waals surface area contributed by atoms with Gasteiger partial charge in [0.15, 0.2) is 0 Å². The highest BCUT2D eigenvalue weighted by Crippen LogP contribution is 2.13. The van der Waals surface area contributed by atoms with Crippen molar-refractivity contribution in [1.82, 2.24) is 10.6 Å². The third kappa shape index (κ3) is 19.1. The second kappa shape index (κ2) is 18.4. The number of rotatable bonds is 18. The molecule has 0 aliphatic rings. The molecular weight excluding hydrogens is 438 g/mol.